The molecule has 0 aliphatic heterocycles. The van der Waals surface area contributed by atoms with Gasteiger partial charge < -0.3 is 0 Å². The fourth-order valence-corrected chi connectivity index (χ4v) is 6.90. The highest BCUT2D eigenvalue weighted by Crippen LogP contribution is 2.49. The molecule has 0 N–H and O–H groups in total. The second-order valence-electron chi connectivity index (χ2n) is 10.3. The Balaban J connectivity index is 1.30. The van der Waals surface area contributed by atoms with Crippen LogP contribution in [-0.4, -0.2) is 0 Å². The van der Waals surface area contributed by atoms with Gasteiger partial charge in [0.25, 0.3) is 0 Å². The molecule has 4 rings (SSSR count). The Kier molecular flexibility index (Phi) is 6.94. The fraction of sp³-hybridized carbons (Fsp3) is 0.741. The van der Waals surface area contributed by atoms with Crippen LogP contribution in [0.5, 0.6) is 0 Å². The molecule has 0 aromatic heterocycles. The van der Waals surface area contributed by atoms with Crippen molar-refractivity contribution in [2.24, 2.45) is 29.6 Å². The summed E-state index contributed by atoms with van der Waals surface area (Å²) in [5, 5.41) is 9.09. The Morgan fingerprint density at radius 3 is 2.48 bits per heavy atom. The molecular formula is C27H38FN. The molecule has 0 bridgehead atoms. The molecule has 1 nitrogen and oxygen atoms in total. The molecule has 0 spiro atoms. The standard InChI is InChI=1S/C27H38FN/c1-2-3-4-5-6-19-7-8-21-16-22(10-9-20(21)15-19)23-13-14-26-24(17-23)11-12-25(18-29)27(26)28/h11-12,19-23H,2-10,13-17H2,1H3. The first-order valence-electron chi connectivity index (χ1n) is 12.4. The van der Waals surface area contributed by atoms with E-state index in [0.29, 0.717) is 0 Å². The molecule has 3 aliphatic rings. The monoisotopic (exact) mass is 395 g/mol. The number of nitrogens with zero attached hydrogens (tertiary/aromatic N) is 1. The van der Waals surface area contributed by atoms with E-state index < -0.39 is 0 Å². The van der Waals surface area contributed by atoms with Crippen molar-refractivity contribution in [3.8, 4) is 6.07 Å². The van der Waals surface area contributed by atoms with E-state index in [4.69, 9.17) is 5.26 Å². The van der Waals surface area contributed by atoms with Gasteiger partial charge in [0, 0.05) is 0 Å². The van der Waals surface area contributed by atoms with Crippen molar-refractivity contribution in [1.82, 2.24) is 0 Å². The molecule has 0 amide bonds. The van der Waals surface area contributed by atoms with Crippen LogP contribution in [0.25, 0.3) is 0 Å². The summed E-state index contributed by atoms with van der Waals surface area (Å²) in [5.41, 5.74) is 2.22. The zero-order chi connectivity index (χ0) is 20.2. The van der Waals surface area contributed by atoms with Gasteiger partial charge in [-0.1, -0.05) is 51.5 Å². The van der Waals surface area contributed by atoms with Crippen LogP contribution in [0.1, 0.15) is 101 Å². The van der Waals surface area contributed by atoms with Gasteiger partial charge in [-0.05, 0) is 98.1 Å². The van der Waals surface area contributed by atoms with E-state index in [9.17, 15) is 4.39 Å². The lowest BCUT2D eigenvalue weighted by molar-refractivity contribution is 0.0688. The van der Waals surface area contributed by atoms with E-state index >= 15 is 0 Å². The summed E-state index contributed by atoms with van der Waals surface area (Å²) >= 11 is 0. The van der Waals surface area contributed by atoms with Crippen molar-refractivity contribution in [3.63, 3.8) is 0 Å². The van der Waals surface area contributed by atoms with Crippen molar-refractivity contribution in [2.75, 3.05) is 0 Å². The van der Waals surface area contributed by atoms with Crippen molar-refractivity contribution < 1.29 is 4.39 Å². The van der Waals surface area contributed by atoms with Gasteiger partial charge in [0.2, 0.25) is 0 Å². The third-order valence-corrected chi connectivity index (χ3v) is 8.60. The van der Waals surface area contributed by atoms with Gasteiger partial charge in [0.15, 0.2) is 0 Å². The SMILES string of the molecule is CCCCCCC1CCC2CC(C3CCc4c(ccc(C#N)c4F)C3)CCC2C1. The Labute approximate surface area is 177 Å². The van der Waals surface area contributed by atoms with Gasteiger partial charge in [0.1, 0.15) is 11.9 Å². The van der Waals surface area contributed by atoms with Crippen LogP contribution in [0.2, 0.25) is 0 Å². The molecular weight excluding hydrogens is 357 g/mol. The van der Waals surface area contributed by atoms with Crippen molar-refractivity contribution in [3.05, 3.63) is 34.6 Å². The minimum absolute atomic E-state index is 0.217. The molecule has 1 aromatic carbocycles. The average Bonchev–Trinajstić information content (AvgIpc) is 2.76. The van der Waals surface area contributed by atoms with Crippen molar-refractivity contribution in [1.29, 1.82) is 5.26 Å². The second-order valence-corrected chi connectivity index (χ2v) is 10.3. The van der Waals surface area contributed by atoms with Crippen LogP contribution >= 0.6 is 0 Å². The van der Waals surface area contributed by atoms with Crippen LogP contribution in [0.4, 0.5) is 4.39 Å². The summed E-state index contributed by atoms with van der Waals surface area (Å²) in [6, 6.07) is 5.71. The normalized spacial score (nSPS) is 31.6. The van der Waals surface area contributed by atoms with Gasteiger partial charge in [-0.2, -0.15) is 5.26 Å². The Morgan fingerprint density at radius 1 is 0.931 bits per heavy atom. The highest BCUT2D eigenvalue weighted by molar-refractivity contribution is 5.41. The predicted molar refractivity (Wildman–Crippen MR) is 117 cm³/mol. The number of fused-ring (bicyclic) bond motifs is 2. The molecule has 3 aliphatic carbocycles. The lowest BCUT2D eigenvalue weighted by atomic mass is 9.60. The highest BCUT2D eigenvalue weighted by Gasteiger charge is 2.38. The van der Waals surface area contributed by atoms with Gasteiger partial charge in [0.05, 0.1) is 5.56 Å². The minimum Gasteiger partial charge on any atom is -0.205 e. The quantitative estimate of drug-likeness (QED) is 0.455. The molecule has 2 heteroatoms. The summed E-state index contributed by atoms with van der Waals surface area (Å²) in [6.07, 6.45) is 18.8. The fourth-order valence-electron chi connectivity index (χ4n) is 6.90. The highest BCUT2D eigenvalue weighted by atomic mass is 19.1. The van der Waals surface area contributed by atoms with E-state index in [1.54, 1.807) is 6.07 Å². The van der Waals surface area contributed by atoms with Crippen LogP contribution < -0.4 is 0 Å². The molecule has 5 atom stereocenters. The van der Waals surface area contributed by atoms with Crippen molar-refractivity contribution >= 4 is 0 Å². The van der Waals surface area contributed by atoms with E-state index in [-0.39, 0.29) is 11.4 Å². The van der Waals surface area contributed by atoms with E-state index in [1.807, 2.05) is 12.1 Å². The van der Waals surface area contributed by atoms with E-state index in [1.165, 1.54) is 76.2 Å². The summed E-state index contributed by atoms with van der Waals surface area (Å²) in [4.78, 5) is 0. The van der Waals surface area contributed by atoms with Gasteiger partial charge >= 0.3 is 0 Å². The smallest absolute Gasteiger partial charge is 0.144 e. The zero-order valence-corrected chi connectivity index (χ0v) is 18.3. The molecule has 158 valence electrons. The number of rotatable bonds is 6. The topological polar surface area (TPSA) is 23.8 Å². The lowest BCUT2D eigenvalue weighted by Crippen LogP contribution is -2.35. The predicted octanol–water partition coefficient (Wildman–Crippen LogP) is 7.61. The average molecular weight is 396 g/mol. The van der Waals surface area contributed by atoms with Crippen LogP contribution in [0, 0.1) is 46.7 Å². The number of hydrogen-bond acceptors (Lipinski definition) is 1. The number of hydrogen-bond donors (Lipinski definition) is 0. The van der Waals surface area contributed by atoms with Crippen LogP contribution in [0.3, 0.4) is 0 Å². The number of unbranched alkanes of at least 4 members (excludes halogenated alkanes) is 3. The van der Waals surface area contributed by atoms with Crippen LogP contribution in [-0.2, 0) is 12.8 Å². The van der Waals surface area contributed by atoms with Gasteiger partial charge in [-0.15, -0.1) is 0 Å². The second kappa shape index (κ2) is 9.63. The Hall–Kier alpha value is -1.36. The van der Waals surface area contributed by atoms with E-state index in [0.717, 1.165) is 54.4 Å². The lowest BCUT2D eigenvalue weighted by Gasteiger charge is -2.45. The summed E-state index contributed by atoms with van der Waals surface area (Å²) in [6.45, 7) is 2.30. The number of halogens is 1. The summed E-state index contributed by atoms with van der Waals surface area (Å²) in [7, 11) is 0. The molecule has 0 radical (unpaired) electrons. The third kappa shape index (κ3) is 4.70. The molecule has 5 unspecified atom stereocenters. The third-order valence-electron chi connectivity index (χ3n) is 8.60. The molecule has 29 heavy (non-hydrogen) atoms. The molecule has 0 heterocycles. The maximum Gasteiger partial charge on any atom is 0.144 e. The molecule has 0 saturated heterocycles. The Bertz CT molecular complexity index is 733. The molecule has 1 aromatic rings. The number of nitriles is 1. The zero-order valence-electron chi connectivity index (χ0n) is 18.3. The molecule has 2 fully saturated rings. The van der Waals surface area contributed by atoms with Crippen molar-refractivity contribution in [2.45, 2.75) is 96.8 Å². The maximum absolute atomic E-state index is 14.5. The molecule has 2 saturated carbocycles. The van der Waals surface area contributed by atoms with Gasteiger partial charge in [-0.25, -0.2) is 4.39 Å². The van der Waals surface area contributed by atoms with Gasteiger partial charge in [-0.3, -0.25) is 0 Å². The maximum atomic E-state index is 14.5. The first-order chi connectivity index (χ1) is 14.2. The Morgan fingerprint density at radius 2 is 1.69 bits per heavy atom. The first-order valence-corrected chi connectivity index (χ1v) is 12.4. The number of benzene rings is 1. The van der Waals surface area contributed by atoms with E-state index in [2.05, 4.69) is 6.92 Å². The first kappa shape index (κ1) is 20.9. The summed E-state index contributed by atoms with van der Waals surface area (Å²) in [5.74, 6) is 4.27. The minimum atomic E-state index is -0.246. The summed E-state index contributed by atoms with van der Waals surface area (Å²) < 4.78 is 14.5. The van der Waals surface area contributed by atoms with Crippen LogP contribution in [0.15, 0.2) is 12.1 Å². The largest absolute Gasteiger partial charge is 0.205 e.